The van der Waals surface area contributed by atoms with Crippen LogP contribution in [0.2, 0.25) is 0 Å². The second kappa shape index (κ2) is 6.46. The summed E-state index contributed by atoms with van der Waals surface area (Å²) in [6.07, 6.45) is 0. The molecule has 21 heavy (non-hydrogen) atoms. The molecule has 1 aromatic heterocycles. The van der Waals surface area contributed by atoms with Gasteiger partial charge in [0.1, 0.15) is 5.75 Å². The number of rotatable bonds is 5. The van der Waals surface area contributed by atoms with Crippen molar-refractivity contribution in [1.29, 1.82) is 0 Å². The minimum absolute atomic E-state index is 0.818. The predicted octanol–water partition coefficient (Wildman–Crippen LogP) is 5.46. The van der Waals surface area contributed by atoms with Crippen LogP contribution in [0.1, 0.15) is 10.4 Å². The summed E-state index contributed by atoms with van der Waals surface area (Å²) in [5.41, 5.74) is 2.34. The molecule has 0 aliphatic carbocycles. The fraction of sp³-hybridized carbons (Fsp3) is 0.111. The van der Waals surface area contributed by atoms with Crippen molar-refractivity contribution in [3.05, 3.63) is 76.5 Å². The SMILES string of the molecule is Cc1ccsc1CNc1ccccc1Oc1ccccc1. The lowest BCUT2D eigenvalue weighted by atomic mass is 10.2. The van der Waals surface area contributed by atoms with Crippen molar-refractivity contribution in [2.75, 3.05) is 5.32 Å². The molecule has 0 aliphatic heterocycles. The van der Waals surface area contributed by atoms with E-state index in [0.29, 0.717) is 0 Å². The molecule has 0 unspecified atom stereocenters. The summed E-state index contributed by atoms with van der Waals surface area (Å²) >= 11 is 1.78. The molecule has 0 spiro atoms. The topological polar surface area (TPSA) is 21.3 Å². The van der Waals surface area contributed by atoms with Crippen LogP contribution in [0.4, 0.5) is 5.69 Å². The first-order chi connectivity index (χ1) is 10.3. The number of hydrogen-bond acceptors (Lipinski definition) is 3. The summed E-state index contributed by atoms with van der Waals surface area (Å²) in [6, 6.07) is 20.0. The number of ether oxygens (including phenoxy) is 1. The molecular weight excluding hydrogens is 278 g/mol. The molecule has 106 valence electrons. The number of hydrogen-bond donors (Lipinski definition) is 1. The van der Waals surface area contributed by atoms with Gasteiger partial charge >= 0.3 is 0 Å². The molecule has 3 rings (SSSR count). The third-order valence-electron chi connectivity index (χ3n) is 3.27. The summed E-state index contributed by atoms with van der Waals surface area (Å²) in [4.78, 5) is 1.35. The lowest BCUT2D eigenvalue weighted by molar-refractivity contribution is 0.484. The molecule has 0 saturated heterocycles. The van der Waals surface area contributed by atoms with Crippen LogP contribution >= 0.6 is 11.3 Å². The van der Waals surface area contributed by atoms with Crippen LogP contribution < -0.4 is 10.1 Å². The molecule has 0 radical (unpaired) electrons. The molecular formula is C18H17NOS. The molecule has 0 amide bonds. The highest BCUT2D eigenvalue weighted by Gasteiger charge is 2.05. The van der Waals surface area contributed by atoms with Crippen LogP contribution in [-0.4, -0.2) is 0 Å². The highest BCUT2D eigenvalue weighted by molar-refractivity contribution is 7.10. The Morgan fingerprint density at radius 3 is 2.48 bits per heavy atom. The summed E-state index contributed by atoms with van der Waals surface area (Å²) in [5, 5.41) is 5.59. The van der Waals surface area contributed by atoms with E-state index in [1.807, 2.05) is 54.6 Å². The van der Waals surface area contributed by atoms with Gasteiger partial charge in [0, 0.05) is 11.4 Å². The van der Waals surface area contributed by atoms with Gasteiger partial charge in [-0.2, -0.15) is 0 Å². The molecule has 1 heterocycles. The van der Waals surface area contributed by atoms with Crippen LogP contribution in [0.5, 0.6) is 11.5 Å². The van der Waals surface area contributed by atoms with E-state index in [9.17, 15) is 0 Å². The number of nitrogens with one attached hydrogen (secondary N) is 1. The van der Waals surface area contributed by atoms with Crippen LogP contribution in [0.25, 0.3) is 0 Å². The first-order valence-electron chi connectivity index (χ1n) is 6.92. The Morgan fingerprint density at radius 2 is 1.71 bits per heavy atom. The summed E-state index contributed by atoms with van der Waals surface area (Å²) in [5.74, 6) is 1.69. The monoisotopic (exact) mass is 295 g/mol. The molecule has 0 bridgehead atoms. The zero-order chi connectivity index (χ0) is 14.5. The zero-order valence-corrected chi connectivity index (χ0v) is 12.7. The van der Waals surface area contributed by atoms with E-state index in [1.54, 1.807) is 11.3 Å². The van der Waals surface area contributed by atoms with E-state index < -0.39 is 0 Å². The molecule has 0 atom stereocenters. The maximum atomic E-state index is 5.95. The van der Waals surface area contributed by atoms with E-state index in [2.05, 4.69) is 23.7 Å². The van der Waals surface area contributed by atoms with Gasteiger partial charge in [-0.25, -0.2) is 0 Å². The molecule has 2 aromatic carbocycles. The Balaban J connectivity index is 1.75. The van der Waals surface area contributed by atoms with Crippen molar-refractivity contribution in [3.63, 3.8) is 0 Å². The van der Waals surface area contributed by atoms with Gasteiger partial charge in [-0.1, -0.05) is 30.3 Å². The van der Waals surface area contributed by atoms with E-state index in [4.69, 9.17) is 4.74 Å². The fourth-order valence-corrected chi connectivity index (χ4v) is 2.92. The van der Waals surface area contributed by atoms with Crippen molar-refractivity contribution < 1.29 is 4.74 Å². The molecule has 2 nitrogen and oxygen atoms in total. The maximum absolute atomic E-state index is 5.95. The summed E-state index contributed by atoms with van der Waals surface area (Å²) in [6.45, 7) is 2.96. The van der Waals surface area contributed by atoms with E-state index in [1.165, 1.54) is 10.4 Å². The molecule has 0 fully saturated rings. The number of thiophene rings is 1. The first-order valence-corrected chi connectivity index (χ1v) is 7.79. The third-order valence-corrected chi connectivity index (χ3v) is 4.29. The average molecular weight is 295 g/mol. The van der Waals surface area contributed by atoms with Crippen molar-refractivity contribution >= 4 is 17.0 Å². The average Bonchev–Trinajstić information content (AvgIpc) is 2.93. The number of benzene rings is 2. The Labute approximate surface area is 129 Å². The van der Waals surface area contributed by atoms with Crippen LogP contribution in [0.15, 0.2) is 66.0 Å². The van der Waals surface area contributed by atoms with Crippen LogP contribution in [0.3, 0.4) is 0 Å². The van der Waals surface area contributed by atoms with Crippen LogP contribution in [0, 0.1) is 6.92 Å². The Kier molecular flexibility index (Phi) is 4.22. The van der Waals surface area contributed by atoms with Crippen molar-refractivity contribution in [3.8, 4) is 11.5 Å². The highest BCUT2D eigenvalue weighted by Crippen LogP contribution is 2.30. The zero-order valence-electron chi connectivity index (χ0n) is 11.9. The van der Waals surface area contributed by atoms with Gasteiger partial charge in [0.05, 0.1) is 5.69 Å². The van der Waals surface area contributed by atoms with Gasteiger partial charge in [-0.05, 0) is 48.2 Å². The Morgan fingerprint density at radius 1 is 0.952 bits per heavy atom. The van der Waals surface area contributed by atoms with Gasteiger partial charge in [-0.15, -0.1) is 11.3 Å². The van der Waals surface area contributed by atoms with Crippen molar-refractivity contribution in [1.82, 2.24) is 0 Å². The molecule has 0 aliphatic rings. The van der Waals surface area contributed by atoms with Crippen molar-refractivity contribution in [2.45, 2.75) is 13.5 Å². The maximum Gasteiger partial charge on any atom is 0.150 e. The standard InChI is InChI=1S/C18H17NOS/c1-14-11-12-21-18(14)13-19-16-9-5-6-10-17(16)20-15-7-3-2-4-8-15/h2-12,19H,13H2,1H3. The van der Waals surface area contributed by atoms with E-state index >= 15 is 0 Å². The van der Waals surface area contributed by atoms with E-state index in [0.717, 1.165) is 23.7 Å². The first kappa shape index (κ1) is 13.7. The van der Waals surface area contributed by atoms with Gasteiger partial charge < -0.3 is 10.1 Å². The summed E-state index contributed by atoms with van der Waals surface area (Å²) < 4.78 is 5.95. The predicted molar refractivity (Wildman–Crippen MR) is 89.3 cm³/mol. The molecule has 1 N–H and O–H groups in total. The summed E-state index contributed by atoms with van der Waals surface area (Å²) in [7, 11) is 0. The minimum atomic E-state index is 0.818. The number of anilines is 1. The third kappa shape index (κ3) is 3.44. The number of para-hydroxylation sites is 3. The lowest BCUT2D eigenvalue weighted by Crippen LogP contribution is -2.00. The molecule has 0 saturated carbocycles. The van der Waals surface area contributed by atoms with Crippen LogP contribution in [-0.2, 0) is 6.54 Å². The quantitative estimate of drug-likeness (QED) is 0.674. The van der Waals surface area contributed by atoms with Crippen molar-refractivity contribution in [2.24, 2.45) is 0 Å². The lowest BCUT2D eigenvalue weighted by Gasteiger charge is -2.12. The van der Waals surface area contributed by atoms with Gasteiger partial charge in [0.25, 0.3) is 0 Å². The fourth-order valence-electron chi connectivity index (χ4n) is 2.08. The van der Waals surface area contributed by atoms with Gasteiger partial charge in [0.2, 0.25) is 0 Å². The van der Waals surface area contributed by atoms with Gasteiger partial charge in [0.15, 0.2) is 5.75 Å². The molecule has 3 aromatic rings. The molecule has 3 heteroatoms. The van der Waals surface area contributed by atoms with Gasteiger partial charge in [-0.3, -0.25) is 0 Å². The second-order valence-corrected chi connectivity index (χ2v) is 5.79. The normalized spacial score (nSPS) is 10.3. The largest absolute Gasteiger partial charge is 0.455 e. The highest BCUT2D eigenvalue weighted by atomic mass is 32.1. The second-order valence-electron chi connectivity index (χ2n) is 4.79. The Hall–Kier alpha value is -2.26. The minimum Gasteiger partial charge on any atom is -0.455 e. The smallest absolute Gasteiger partial charge is 0.150 e. The van der Waals surface area contributed by atoms with E-state index in [-0.39, 0.29) is 0 Å². The Bertz CT molecular complexity index is 706. The number of aryl methyl sites for hydroxylation is 1.